The van der Waals surface area contributed by atoms with Crippen LogP contribution in [0.15, 0.2) is 0 Å². The number of rotatable bonds is 0. The summed E-state index contributed by atoms with van der Waals surface area (Å²) in [6.45, 7) is 0. The van der Waals surface area contributed by atoms with Crippen LogP contribution in [0.1, 0.15) is 0 Å². The van der Waals surface area contributed by atoms with E-state index in [1.165, 1.54) is 77.5 Å². The summed E-state index contributed by atoms with van der Waals surface area (Å²) >= 11 is 5.89. The zero-order valence-corrected chi connectivity index (χ0v) is 12.8. The number of hydrogen-bond acceptors (Lipinski definition) is 0. The van der Waals surface area contributed by atoms with Gasteiger partial charge in [-0.1, -0.05) is 0 Å². The van der Waals surface area contributed by atoms with E-state index < -0.39 is 0 Å². The molecule has 0 radical (unpaired) electrons. The van der Waals surface area contributed by atoms with Crippen molar-refractivity contribution >= 4 is 37.2 Å². The Balaban J connectivity index is -0.0000000133. The molecule has 0 aromatic carbocycles. The standard InChI is InChI=1S/4ClH.4Ti/h4*1H;;;;/q;;;;4*+1/p-4. The van der Waals surface area contributed by atoms with Gasteiger partial charge in [-0.3, -0.25) is 0 Å². The maximum atomic E-state index is 4.64. The first-order valence-electron chi connectivity index (χ1n) is 0.756. The van der Waals surface area contributed by atoms with E-state index >= 15 is 0 Å². The summed E-state index contributed by atoms with van der Waals surface area (Å²) in [5.41, 5.74) is 0. The van der Waals surface area contributed by atoms with Crippen LogP contribution in [0, 0.1) is 0 Å². The van der Waals surface area contributed by atoms with Gasteiger partial charge < -0.3 is 0 Å². The molecule has 0 saturated carbocycles. The van der Waals surface area contributed by atoms with Crippen LogP contribution in [0.2, 0.25) is 0 Å². The molecule has 0 rings (SSSR count). The van der Waals surface area contributed by atoms with Crippen LogP contribution in [0.4, 0.5) is 0 Å². The Hall–Kier alpha value is 4.02. The van der Waals surface area contributed by atoms with Gasteiger partial charge in [0.05, 0.1) is 0 Å². The molecule has 0 amide bonds. The number of halogens is 4. The fraction of sp³-hybridized carbons (Fsp3) is 0. The topological polar surface area (TPSA) is 0 Å². The van der Waals surface area contributed by atoms with Crippen LogP contribution < -0.4 is 0 Å². The molecule has 8 heavy (non-hydrogen) atoms. The van der Waals surface area contributed by atoms with E-state index in [1.807, 2.05) is 0 Å². The van der Waals surface area contributed by atoms with Crippen LogP contribution in [0.25, 0.3) is 0 Å². The Morgan fingerprint density at radius 3 is 0.375 bits per heavy atom. The Labute approximate surface area is 112 Å². The van der Waals surface area contributed by atoms with E-state index in [2.05, 4.69) is 37.2 Å². The molecule has 8 heteroatoms. The van der Waals surface area contributed by atoms with Crippen molar-refractivity contribution in [1.29, 1.82) is 0 Å². The van der Waals surface area contributed by atoms with Crippen molar-refractivity contribution in [3.8, 4) is 0 Å². The fourth-order valence-corrected chi connectivity index (χ4v) is 0. The Kier molecular flexibility index (Phi) is 194. The van der Waals surface area contributed by atoms with Gasteiger partial charge in [0.25, 0.3) is 0 Å². The van der Waals surface area contributed by atoms with E-state index in [9.17, 15) is 0 Å². The van der Waals surface area contributed by atoms with Gasteiger partial charge in [0.15, 0.2) is 0 Å². The molecule has 0 nitrogen and oxygen atoms in total. The van der Waals surface area contributed by atoms with Crippen molar-refractivity contribution in [3.05, 3.63) is 0 Å². The SMILES string of the molecule is [Cl][Ti].[Cl][Ti].[Cl][Ti].[Cl][Ti]. The summed E-state index contributed by atoms with van der Waals surface area (Å²) in [5, 5.41) is 0. The first kappa shape index (κ1) is 22.7. The summed E-state index contributed by atoms with van der Waals surface area (Å²) in [7, 11) is 18.6. The van der Waals surface area contributed by atoms with Gasteiger partial charge in [0.1, 0.15) is 0 Å². The molecule has 0 unspecified atom stereocenters. The van der Waals surface area contributed by atoms with Crippen LogP contribution in [-0.2, 0) is 77.5 Å². The predicted molar refractivity (Wildman–Crippen MR) is 23.4 cm³/mol. The van der Waals surface area contributed by atoms with Crippen molar-refractivity contribution in [3.63, 3.8) is 0 Å². The molecule has 0 fully saturated rings. The van der Waals surface area contributed by atoms with Gasteiger partial charge >= 0.3 is 115 Å². The molecular formula is Cl4Ti4. The van der Waals surface area contributed by atoms with Gasteiger partial charge in [-0.25, -0.2) is 0 Å². The molecule has 44 valence electrons. The van der Waals surface area contributed by atoms with Crippen LogP contribution >= 0.6 is 37.2 Å². The van der Waals surface area contributed by atoms with E-state index in [-0.39, 0.29) is 0 Å². The second-order valence-corrected chi connectivity index (χ2v) is 0. The Morgan fingerprint density at radius 2 is 0.375 bits per heavy atom. The molecule has 0 heterocycles. The molecule has 0 spiro atoms. The quantitative estimate of drug-likeness (QED) is 0.598. The van der Waals surface area contributed by atoms with Crippen molar-refractivity contribution < 1.29 is 77.5 Å². The summed E-state index contributed by atoms with van der Waals surface area (Å²) in [6, 6.07) is 0. The zero-order chi connectivity index (χ0) is 8.00. The summed E-state index contributed by atoms with van der Waals surface area (Å²) in [5.74, 6) is 0. The second kappa shape index (κ2) is 68.5. The van der Waals surface area contributed by atoms with Crippen molar-refractivity contribution in [2.24, 2.45) is 0 Å². The summed E-state index contributed by atoms with van der Waals surface area (Å²) in [6.07, 6.45) is 0. The average molecular weight is 333 g/mol. The van der Waals surface area contributed by atoms with E-state index in [4.69, 9.17) is 0 Å². The van der Waals surface area contributed by atoms with Crippen LogP contribution in [-0.4, -0.2) is 0 Å². The van der Waals surface area contributed by atoms with Crippen LogP contribution in [0.3, 0.4) is 0 Å². The Morgan fingerprint density at radius 1 is 0.375 bits per heavy atom. The van der Waals surface area contributed by atoms with E-state index in [0.717, 1.165) is 0 Å². The van der Waals surface area contributed by atoms with Crippen molar-refractivity contribution in [2.45, 2.75) is 0 Å². The molecule has 0 aliphatic heterocycles. The maximum absolute atomic E-state index is 4.64. The first-order chi connectivity index (χ1) is 4.00. The Bertz CT molecular complexity index is 8.00. The summed E-state index contributed by atoms with van der Waals surface area (Å²) < 4.78 is 0. The second-order valence-electron chi connectivity index (χ2n) is 0. The van der Waals surface area contributed by atoms with Gasteiger partial charge in [0.2, 0.25) is 0 Å². The zero-order valence-electron chi connectivity index (χ0n) is 3.51. The van der Waals surface area contributed by atoms with Crippen LogP contribution in [0.5, 0.6) is 0 Å². The molecule has 0 aromatic heterocycles. The summed E-state index contributed by atoms with van der Waals surface area (Å²) in [4.78, 5) is 0. The third kappa shape index (κ3) is 50.5. The molecule has 0 atom stereocenters. The van der Waals surface area contributed by atoms with Gasteiger partial charge in [-0.2, -0.15) is 0 Å². The van der Waals surface area contributed by atoms with Gasteiger partial charge in [-0.15, -0.1) is 0 Å². The molecule has 0 aromatic rings. The van der Waals surface area contributed by atoms with E-state index in [1.54, 1.807) is 0 Å². The third-order valence-corrected chi connectivity index (χ3v) is 0. The van der Waals surface area contributed by atoms with Crippen molar-refractivity contribution in [2.75, 3.05) is 0 Å². The molecule has 0 aliphatic rings. The average Bonchev–Trinajstić information content (AvgIpc) is 2.03. The van der Waals surface area contributed by atoms with E-state index in [0.29, 0.717) is 0 Å². The molecule has 0 N–H and O–H groups in total. The minimum atomic E-state index is 1.47. The minimum absolute atomic E-state index is 1.47. The van der Waals surface area contributed by atoms with Gasteiger partial charge in [-0.05, 0) is 0 Å². The normalized spacial score (nSPS) is 2.00. The monoisotopic (exact) mass is 332 g/mol. The molecule has 0 saturated heterocycles. The van der Waals surface area contributed by atoms with Crippen molar-refractivity contribution in [1.82, 2.24) is 0 Å². The predicted octanol–water partition coefficient (Wildman–Crippen LogP) is 2.75. The molecule has 0 bridgehead atoms. The molecular weight excluding hydrogens is 333 g/mol. The van der Waals surface area contributed by atoms with Gasteiger partial charge in [0, 0.05) is 0 Å². The first-order valence-corrected chi connectivity index (χ1v) is 9.35. The number of hydrogen-bond donors (Lipinski definition) is 0. The third-order valence-electron chi connectivity index (χ3n) is 0. The fourth-order valence-electron chi connectivity index (χ4n) is 0. The molecule has 0 aliphatic carbocycles.